The van der Waals surface area contributed by atoms with E-state index < -0.39 is 11.7 Å². The highest BCUT2D eigenvalue weighted by atomic mass is 79.9. The summed E-state index contributed by atoms with van der Waals surface area (Å²) < 4.78 is 41.3. The summed E-state index contributed by atoms with van der Waals surface area (Å²) >= 11 is 7.17. The minimum atomic E-state index is -4.39. The standard InChI is InChI=1S/C27H23Br2F3N4/c28-20-4-8-26(23(29)16-20)36-13-11-35(12-14-36)17-18-1-5-21(6-2-18)34-24-9-10-33-25-15-19(27(30,31)32)3-7-22(24)25/h1-10,15-16H,11-14,17H2,(H,33,34). The lowest BCUT2D eigenvalue weighted by atomic mass is 10.1. The van der Waals surface area contributed by atoms with Gasteiger partial charge in [-0.1, -0.05) is 34.1 Å². The van der Waals surface area contributed by atoms with Crippen molar-refractivity contribution in [2.24, 2.45) is 0 Å². The van der Waals surface area contributed by atoms with E-state index in [0.717, 1.165) is 65.2 Å². The molecule has 0 radical (unpaired) electrons. The molecule has 0 bridgehead atoms. The number of hydrogen-bond acceptors (Lipinski definition) is 4. The minimum absolute atomic E-state index is 0.306. The van der Waals surface area contributed by atoms with Crippen LogP contribution in [0.15, 0.2) is 81.9 Å². The molecule has 36 heavy (non-hydrogen) atoms. The van der Waals surface area contributed by atoms with Crippen LogP contribution in [0, 0.1) is 0 Å². The molecule has 1 aromatic heterocycles. The summed E-state index contributed by atoms with van der Waals surface area (Å²) in [7, 11) is 0. The van der Waals surface area contributed by atoms with Crippen molar-refractivity contribution in [1.29, 1.82) is 0 Å². The van der Waals surface area contributed by atoms with Crippen LogP contribution in [0.4, 0.5) is 30.2 Å². The van der Waals surface area contributed by atoms with E-state index in [0.29, 0.717) is 10.9 Å². The first kappa shape index (κ1) is 25.0. The van der Waals surface area contributed by atoms with E-state index >= 15 is 0 Å². The predicted octanol–water partition coefficient (Wildman–Crippen LogP) is 7.84. The van der Waals surface area contributed by atoms with Crippen LogP contribution in [0.3, 0.4) is 0 Å². The first-order valence-corrected chi connectivity index (χ1v) is 13.1. The fraction of sp³-hybridized carbons (Fsp3) is 0.222. The Morgan fingerprint density at radius 2 is 1.61 bits per heavy atom. The second-order valence-electron chi connectivity index (χ2n) is 8.77. The normalized spacial score (nSPS) is 14.9. The zero-order chi connectivity index (χ0) is 25.3. The number of halogens is 5. The molecule has 0 unspecified atom stereocenters. The first-order chi connectivity index (χ1) is 17.3. The number of rotatable bonds is 5. The van der Waals surface area contributed by atoms with Crippen molar-refractivity contribution in [2.75, 3.05) is 36.4 Å². The van der Waals surface area contributed by atoms with Crippen molar-refractivity contribution < 1.29 is 13.2 Å². The van der Waals surface area contributed by atoms with Gasteiger partial charge in [0.25, 0.3) is 0 Å². The third kappa shape index (κ3) is 5.68. The van der Waals surface area contributed by atoms with Gasteiger partial charge in [-0.3, -0.25) is 9.88 Å². The Morgan fingerprint density at radius 3 is 2.31 bits per heavy atom. The van der Waals surface area contributed by atoms with Crippen LogP contribution in [0.1, 0.15) is 11.1 Å². The molecule has 1 fully saturated rings. The quantitative estimate of drug-likeness (QED) is 0.247. The van der Waals surface area contributed by atoms with Gasteiger partial charge in [0.05, 0.1) is 16.8 Å². The number of hydrogen-bond donors (Lipinski definition) is 1. The molecule has 0 saturated carbocycles. The highest BCUT2D eigenvalue weighted by Gasteiger charge is 2.30. The van der Waals surface area contributed by atoms with Gasteiger partial charge in [0.2, 0.25) is 0 Å². The summed E-state index contributed by atoms with van der Waals surface area (Å²) in [5.41, 5.74) is 3.63. The molecule has 1 saturated heterocycles. The minimum Gasteiger partial charge on any atom is -0.368 e. The van der Waals surface area contributed by atoms with Crippen LogP contribution >= 0.6 is 31.9 Å². The summed E-state index contributed by atoms with van der Waals surface area (Å²) in [5.74, 6) is 0. The van der Waals surface area contributed by atoms with Crippen LogP contribution in [0.25, 0.3) is 10.9 Å². The second kappa shape index (κ2) is 10.4. The Hall–Kier alpha value is -2.62. The third-order valence-corrected chi connectivity index (χ3v) is 7.46. The van der Waals surface area contributed by atoms with Gasteiger partial charge in [-0.2, -0.15) is 13.2 Å². The predicted molar refractivity (Wildman–Crippen MR) is 146 cm³/mol. The fourth-order valence-corrected chi connectivity index (χ4v) is 5.72. The third-order valence-electron chi connectivity index (χ3n) is 6.33. The number of pyridine rings is 1. The van der Waals surface area contributed by atoms with Crippen LogP contribution in [-0.2, 0) is 12.7 Å². The van der Waals surface area contributed by atoms with E-state index in [4.69, 9.17) is 0 Å². The Labute approximate surface area is 224 Å². The van der Waals surface area contributed by atoms with Gasteiger partial charge in [-0.25, -0.2) is 0 Å². The van der Waals surface area contributed by atoms with Crippen molar-refractivity contribution in [3.05, 3.63) is 93.0 Å². The molecule has 5 rings (SSSR count). The number of nitrogens with zero attached hydrogens (tertiary/aromatic N) is 3. The monoisotopic (exact) mass is 618 g/mol. The number of piperazine rings is 1. The largest absolute Gasteiger partial charge is 0.416 e. The molecule has 0 aliphatic carbocycles. The summed E-state index contributed by atoms with van der Waals surface area (Å²) in [5, 5.41) is 3.96. The molecule has 1 N–H and O–H groups in total. The van der Waals surface area contributed by atoms with Crippen molar-refractivity contribution in [3.8, 4) is 0 Å². The molecular weight excluding hydrogens is 597 g/mol. The maximum atomic E-state index is 13.0. The Bertz CT molecular complexity index is 1370. The SMILES string of the molecule is FC(F)(F)c1ccc2c(Nc3ccc(CN4CCN(c5ccc(Br)cc5Br)CC4)cc3)ccnc2c1. The van der Waals surface area contributed by atoms with Crippen LogP contribution < -0.4 is 10.2 Å². The molecule has 0 atom stereocenters. The number of nitrogens with one attached hydrogen (secondary N) is 1. The van der Waals surface area contributed by atoms with E-state index in [1.807, 2.05) is 12.1 Å². The van der Waals surface area contributed by atoms with Gasteiger partial charge in [-0.05, 0) is 70.0 Å². The molecule has 3 aromatic carbocycles. The summed E-state index contributed by atoms with van der Waals surface area (Å²) in [6, 6.07) is 19.9. The number of anilines is 3. The van der Waals surface area contributed by atoms with Gasteiger partial charge in [-0.15, -0.1) is 0 Å². The Morgan fingerprint density at radius 1 is 0.861 bits per heavy atom. The smallest absolute Gasteiger partial charge is 0.368 e. The van der Waals surface area contributed by atoms with E-state index in [1.54, 1.807) is 6.07 Å². The molecule has 2 heterocycles. The number of benzene rings is 3. The van der Waals surface area contributed by atoms with Gasteiger partial charge in [0.1, 0.15) is 0 Å². The van der Waals surface area contributed by atoms with Crippen LogP contribution in [0.2, 0.25) is 0 Å². The van der Waals surface area contributed by atoms with E-state index in [1.165, 1.54) is 23.5 Å². The zero-order valence-electron chi connectivity index (χ0n) is 19.2. The Kier molecular flexibility index (Phi) is 7.23. The van der Waals surface area contributed by atoms with E-state index in [-0.39, 0.29) is 0 Å². The second-order valence-corrected chi connectivity index (χ2v) is 10.5. The number of aromatic nitrogens is 1. The van der Waals surface area contributed by atoms with Crippen molar-refractivity contribution in [2.45, 2.75) is 12.7 Å². The number of alkyl halides is 3. The van der Waals surface area contributed by atoms with Gasteiger partial charge >= 0.3 is 6.18 Å². The first-order valence-electron chi connectivity index (χ1n) is 11.5. The lowest BCUT2D eigenvalue weighted by Crippen LogP contribution is -2.46. The number of fused-ring (bicyclic) bond motifs is 1. The van der Waals surface area contributed by atoms with Crippen molar-refractivity contribution >= 4 is 59.8 Å². The fourth-order valence-electron chi connectivity index (χ4n) is 4.43. The topological polar surface area (TPSA) is 31.4 Å². The highest BCUT2D eigenvalue weighted by molar-refractivity contribution is 9.11. The van der Waals surface area contributed by atoms with Crippen molar-refractivity contribution in [1.82, 2.24) is 9.88 Å². The highest BCUT2D eigenvalue weighted by Crippen LogP contribution is 2.34. The lowest BCUT2D eigenvalue weighted by Gasteiger charge is -2.36. The molecule has 0 spiro atoms. The molecular formula is C27H23Br2F3N4. The molecule has 1 aliphatic heterocycles. The zero-order valence-corrected chi connectivity index (χ0v) is 22.4. The molecule has 1 aliphatic rings. The van der Waals surface area contributed by atoms with Crippen LogP contribution in [-0.4, -0.2) is 36.1 Å². The van der Waals surface area contributed by atoms with Gasteiger partial charge in [0, 0.05) is 64.6 Å². The Balaban J connectivity index is 1.21. The van der Waals surface area contributed by atoms with Gasteiger partial charge < -0.3 is 10.2 Å². The average molecular weight is 620 g/mol. The summed E-state index contributed by atoms with van der Waals surface area (Å²) in [6.07, 6.45) is -2.87. The van der Waals surface area contributed by atoms with Crippen LogP contribution in [0.5, 0.6) is 0 Å². The lowest BCUT2D eigenvalue weighted by molar-refractivity contribution is -0.137. The summed E-state index contributed by atoms with van der Waals surface area (Å²) in [4.78, 5) is 8.96. The van der Waals surface area contributed by atoms with Crippen molar-refractivity contribution in [3.63, 3.8) is 0 Å². The van der Waals surface area contributed by atoms with E-state index in [9.17, 15) is 13.2 Å². The molecule has 186 valence electrons. The summed E-state index contributed by atoms with van der Waals surface area (Å²) in [6.45, 7) is 4.75. The maximum Gasteiger partial charge on any atom is 0.416 e. The molecule has 0 amide bonds. The molecule has 9 heteroatoms. The van der Waals surface area contributed by atoms with E-state index in [2.05, 4.69) is 82.3 Å². The van der Waals surface area contributed by atoms with Gasteiger partial charge in [0.15, 0.2) is 0 Å². The molecule has 4 nitrogen and oxygen atoms in total. The molecule has 4 aromatic rings. The average Bonchev–Trinajstić information content (AvgIpc) is 2.85. The maximum absolute atomic E-state index is 13.0.